The molecule has 0 amide bonds. The Balaban J connectivity index is 1.82. The lowest BCUT2D eigenvalue weighted by Crippen LogP contribution is -2.44. The minimum atomic E-state index is 0.294. The van der Waals surface area contributed by atoms with Gasteiger partial charge in [0.1, 0.15) is 5.69 Å². The summed E-state index contributed by atoms with van der Waals surface area (Å²) in [6.45, 7) is 4.17. The van der Waals surface area contributed by atoms with Crippen LogP contribution in [0.4, 0.5) is 0 Å². The first kappa shape index (κ1) is 11.8. The number of nitrogens with zero attached hydrogens (tertiary/aromatic N) is 3. The maximum atomic E-state index is 5.33. The van der Waals surface area contributed by atoms with Crippen LogP contribution in [-0.4, -0.2) is 28.2 Å². The van der Waals surface area contributed by atoms with E-state index in [0.717, 1.165) is 23.3 Å². The van der Waals surface area contributed by atoms with Crippen LogP contribution < -0.4 is 5.32 Å². The zero-order valence-corrected chi connectivity index (χ0v) is 11.5. The zero-order chi connectivity index (χ0) is 12.5. The van der Waals surface area contributed by atoms with Crippen LogP contribution in [0.1, 0.15) is 18.7 Å². The highest BCUT2D eigenvalue weighted by atomic mass is 79.9. The first-order valence-corrected chi connectivity index (χ1v) is 6.69. The maximum absolute atomic E-state index is 5.33. The molecule has 1 N–H and O–H groups in total. The van der Waals surface area contributed by atoms with Crippen LogP contribution in [0.3, 0.4) is 0 Å². The number of rotatable bonds is 3. The standard InChI is InChI=1S/C12H13BrN4O/c1-7(8-4-14-5-8)12-16-11(17-18-12)10-3-2-9(13)6-15-10/h2-3,6-8,14H,4-5H2,1H3. The summed E-state index contributed by atoms with van der Waals surface area (Å²) in [6.07, 6.45) is 1.73. The molecule has 0 spiro atoms. The van der Waals surface area contributed by atoms with E-state index in [2.05, 4.69) is 43.3 Å². The van der Waals surface area contributed by atoms with Crippen LogP contribution in [0.25, 0.3) is 11.5 Å². The summed E-state index contributed by atoms with van der Waals surface area (Å²) in [4.78, 5) is 8.69. The van der Waals surface area contributed by atoms with Gasteiger partial charge in [-0.15, -0.1) is 0 Å². The van der Waals surface area contributed by atoms with E-state index in [1.807, 2.05) is 12.1 Å². The van der Waals surface area contributed by atoms with Crippen LogP contribution in [0.2, 0.25) is 0 Å². The van der Waals surface area contributed by atoms with Crippen molar-refractivity contribution in [1.82, 2.24) is 20.4 Å². The van der Waals surface area contributed by atoms with Crippen LogP contribution >= 0.6 is 15.9 Å². The molecule has 6 heteroatoms. The third-order valence-corrected chi connectivity index (χ3v) is 3.78. The fourth-order valence-electron chi connectivity index (χ4n) is 1.90. The number of hydrogen-bond donors (Lipinski definition) is 1. The molecular weight excluding hydrogens is 296 g/mol. The predicted molar refractivity (Wildman–Crippen MR) is 70.0 cm³/mol. The molecule has 1 aliphatic heterocycles. The number of halogens is 1. The molecule has 0 aromatic carbocycles. The second-order valence-electron chi connectivity index (χ2n) is 4.52. The third-order valence-electron chi connectivity index (χ3n) is 3.31. The molecule has 1 atom stereocenters. The van der Waals surface area contributed by atoms with E-state index in [1.54, 1.807) is 6.20 Å². The molecule has 3 rings (SSSR count). The Morgan fingerprint density at radius 1 is 1.44 bits per heavy atom. The molecule has 1 aliphatic rings. The summed E-state index contributed by atoms with van der Waals surface area (Å²) < 4.78 is 6.26. The van der Waals surface area contributed by atoms with Crippen molar-refractivity contribution < 1.29 is 4.52 Å². The summed E-state index contributed by atoms with van der Waals surface area (Å²) in [5, 5.41) is 7.24. The molecule has 0 bridgehead atoms. The van der Waals surface area contributed by atoms with Gasteiger partial charge in [0.2, 0.25) is 11.7 Å². The molecule has 18 heavy (non-hydrogen) atoms. The molecule has 94 valence electrons. The lowest BCUT2D eigenvalue weighted by atomic mass is 9.89. The monoisotopic (exact) mass is 308 g/mol. The highest BCUT2D eigenvalue weighted by molar-refractivity contribution is 9.10. The highest BCUT2D eigenvalue weighted by Crippen LogP contribution is 2.27. The van der Waals surface area contributed by atoms with Crippen molar-refractivity contribution in [2.45, 2.75) is 12.8 Å². The van der Waals surface area contributed by atoms with Gasteiger partial charge in [-0.3, -0.25) is 4.98 Å². The van der Waals surface area contributed by atoms with Crippen molar-refractivity contribution in [1.29, 1.82) is 0 Å². The van der Waals surface area contributed by atoms with E-state index < -0.39 is 0 Å². The van der Waals surface area contributed by atoms with Crippen molar-refractivity contribution in [2.75, 3.05) is 13.1 Å². The Labute approximate surface area is 113 Å². The van der Waals surface area contributed by atoms with E-state index >= 15 is 0 Å². The van der Waals surface area contributed by atoms with Gasteiger partial charge in [-0.25, -0.2) is 0 Å². The lowest BCUT2D eigenvalue weighted by Gasteiger charge is -2.30. The van der Waals surface area contributed by atoms with E-state index in [-0.39, 0.29) is 0 Å². The van der Waals surface area contributed by atoms with Crippen LogP contribution in [0.5, 0.6) is 0 Å². The van der Waals surface area contributed by atoms with Gasteiger partial charge in [0.15, 0.2) is 0 Å². The van der Waals surface area contributed by atoms with Gasteiger partial charge in [0.05, 0.1) is 0 Å². The Kier molecular flexibility index (Phi) is 3.13. The molecule has 0 aliphatic carbocycles. The molecular formula is C12H13BrN4O. The van der Waals surface area contributed by atoms with Crippen LogP contribution in [0, 0.1) is 5.92 Å². The number of aromatic nitrogens is 3. The van der Waals surface area contributed by atoms with Gasteiger partial charge >= 0.3 is 0 Å². The van der Waals surface area contributed by atoms with E-state index in [1.165, 1.54) is 0 Å². The second-order valence-corrected chi connectivity index (χ2v) is 5.44. The van der Waals surface area contributed by atoms with Crippen molar-refractivity contribution in [3.05, 3.63) is 28.7 Å². The molecule has 2 aromatic heterocycles. The molecule has 1 unspecified atom stereocenters. The fraction of sp³-hybridized carbons (Fsp3) is 0.417. The fourth-order valence-corrected chi connectivity index (χ4v) is 2.13. The Morgan fingerprint density at radius 2 is 2.28 bits per heavy atom. The van der Waals surface area contributed by atoms with E-state index in [9.17, 15) is 0 Å². The molecule has 3 heterocycles. The summed E-state index contributed by atoms with van der Waals surface area (Å²) in [7, 11) is 0. The molecule has 0 radical (unpaired) electrons. The molecule has 2 aromatic rings. The van der Waals surface area contributed by atoms with Gasteiger partial charge in [-0.05, 0) is 47.1 Å². The second kappa shape index (κ2) is 4.78. The topological polar surface area (TPSA) is 63.8 Å². The molecule has 1 fully saturated rings. The summed E-state index contributed by atoms with van der Waals surface area (Å²) in [5.41, 5.74) is 0.729. The van der Waals surface area contributed by atoms with Crippen molar-refractivity contribution in [3.8, 4) is 11.5 Å². The molecule has 5 nitrogen and oxygen atoms in total. The van der Waals surface area contributed by atoms with Crippen molar-refractivity contribution in [3.63, 3.8) is 0 Å². The Bertz CT molecular complexity index is 535. The number of pyridine rings is 1. The predicted octanol–water partition coefficient (Wildman–Crippen LogP) is 2.22. The van der Waals surface area contributed by atoms with Gasteiger partial charge in [0.25, 0.3) is 0 Å². The number of nitrogens with one attached hydrogen (secondary N) is 1. The lowest BCUT2D eigenvalue weighted by molar-refractivity contribution is 0.252. The first-order chi connectivity index (χ1) is 8.74. The van der Waals surface area contributed by atoms with Crippen molar-refractivity contribution >= 4 is 15.9 Å². The normalized spacial score (nSPS) is 17.4. The third kappa shape index (κ3) is 2.18. The van der Waals surface area contributed by atoms with Crippen LogP contribution in [0.15, 0.2) is 27.3 Å². The quantitative estimate of drug-likeness (QED) is 0.942. The highest BCUT2D eigenvalue weighted by Gasteiger charge is 2.28. The minimum Gasteiger partial charge on any atom is -0.339 e. The number of hydrogen-bond acceptors (Lipinski definition) is 5. The minimum absolute atomic E-state index is 0.294. The van der Waals surface area contributed by atoms with Gasteiger partial charge in [-0.1, -0.05) is 12.1 Å². The Morgan fingerprint density at radius 3 is 2.89 bits per heavy atom. The average Bonchev–Trinajstić information content (AvgIpc) is 2.77. The smallest absolute Gasteiger partial charge is 0.230 e. The van der Waals surface area contributed by atoms with Gasteiger partial charge in [-0.2, -0.15) is 4.98 Å². The van der Waals surface area contributed by atoms with E-state index in [4.69, 9.17) is 4.52 Å². The Hall–Kier alpha value is -1.27. The van der Waals surface area contributed by atoms with Crippen LogP contribution in [-0.2, 0) is 0 Å². The largest absolute Gasteiger partial charge is 0.339 e. The SMILES string of the molecule is CC(c1nc(-c2ccc(Br)cn2)no1)C1CNC1. The van der Waals surface area contributed by atoms with E-state index in [0.29, 0.717) is 23.6 Å². The van der Waals surface area contributed by atoms with Crippen molar-refractivity contribution in [2.24, 2.45) is 5.92 Å². The summed E-state index contributed by atoms with van der Waals surface area (Å²) in [5.74, 6) is 2.14. The molecule has 0 saturated carbocycles. The van der Waals surface area contributed by atoms with Gasteiger partial charge < -0.3 is 9.84 Å². The molecule has 1 saturated heterocycles. The maximum Gasteiger partial charge on any atom is 0.230 e. The average molecular weight is 309 g/mol. The van der Waals surface area contributed by atoms with Gasteiger partial charge in [0, 0.05) is 16.6 Å². The zero-order valence-electron chi connectivity index (χ0n) is 9.93. The summed E-state index contributed by atoms with van der Waals surface area (Å²) >= 11 is 3.35. The summed E-state index contributed by atoms with van der Waals surface area (Å²) in [6, 6.07) is 3.78. The first-order valence-electron chi connectivity index (χ1n) is 5.90.